The van der Waals surface area contributed by atoms with Crippen LogP contribution in [-0.2, 0) is 12.8 Å². The van der Waals surface area contributed by atoms with Gasteiger partial charge in [-0.1, -0.05) is 32.4 Å². The number of benzene rings is 1. The molecule has 0 bridgehead atoms. The Hall–Kier alpha value is -0.780. The molecule has 0 N–H and O–H groups in total. The summed E-state index contributed by atoms with van der Waals surface area (Å²) in [4.78, 5) is 0. The van der Waals surface area contributed by atoms with E-state index in [2.05, 4.69) is 39.8 Å². The van der Waals surface area contributed by atoms with E-state index in [1.54, 1.807) is 5.56 Å². The van der Waals surface area contributed by atoms with E-state index in [1.165, 1.54) is 29.5 Å². The van der Waals surface area contributed by atoms with Crippen LogP contribution in [0.15, 0.2) is 12.1 Å². The maximum Gasteiger partial charge on any atom is -0.0276 e. The second-order valence-electron chi connectivity index (χ2n) is 3.75. The Morgan fingerprint density at radius 3 is 2.31 bits per heavy atom. The molecule has 0 aromatic heterocycles. The van der Waals surface area contributed by atoms with Gasteiger partial charge in [-0.05, 0) is 48.9 Å². The van der Waals surface area contributed by atoms with E-state index >= 15 is 0 Å². The summed E-state index contributed by atoms with van der Waals surface area (Å²) in [5.41, 5.74) is 6.05. The largest absolute Gasteiger partial charge is 0.0651 e. The fourth-order valence-electron chi connectivity index (χ4n) is 1.86. The zero-order chi connectivity index (χ0) is 9.84. The molecule has 72 valence electrons. The van der Waals surface area contributed by atoms with Crippen LogP contribution in [0, 0.1) is 13.8 Å². The van der Waals surface area contributed by atoms with Crippen LogP contribution < -0.4 is 0 Å². The van der Waals surface area contributed by atoms with Gasteiger partial charge in [0.2, 0.25) is 0 Å². The molecule has 0 amide bonds. The van der Waals surface area contributed by atoms with Crippen LogP contribution in [0.1, 0.15) is 42.5 Å². The Morgan fingerprint density at radius 2 is 1.77 bits per heavy atom. The van der Waals surface area contributed by atoms with Gasteiger partial charge in [0.05, 0.1) is 0 Å². The Labute approximate surface area is 82.0 Å². The van der Waals surface area contributed by atoms with Gasteiger partial charge in [-0.25, -0.2) is 0 Å². The summed E-state index contributed by atoms with van der Waals surface area (Å²) >= 11 is 0. The third-order valence-electron chi connectivity index (χ3n) is 2.85. The van der Waals surface area contributed by atoms with E-state index in [0.29, 0.717) is 0 Å². The lowest BCUT2D eigenvalue weighted by molar-refractivity contribution is 0.886. The summed E-state index contributed by atoms with van der Waals surface area (Å²) in [6, 6.07) is 4.53. The van der Waals surface area contributed by atoms with Crippen molar-refractivity contribution in [3.05, 3.63) is 34.4 Å². The Morgan fingerprint density at radius 1 is 1.08 bits per heavy atom. The van der Waals surface area contributed by atoms with E-state index in [-0.39, 0.29) is 0 Å². The number of hydrogen-bond acceptors (Lipinski definition) is 0. The van der Waals surface area contributed by atoms with E-state index in [4.69, 9.17) is 0 Å². The van der Waals surface area contributed by atoms with Gasteiger partial charge in [-0.3, -0.25) is 0 Å². The van der Waals surface area contributed by atoms with Gasteiger partial charge in [0.1, 0.15) is 0 Å². The summed E-state index contributed by atoms with van der Waals surface area (Å²) < 4.78 is 0. The Balaban J connectivity index is 3.15. The highest BCUT2D eigenvalue weighted by atomic mass is 14.1. The van der Waals surface area contributed by atoms with Crippen LogP contribution in [0.3, 0.4) is 0 Å². The van der Waals surface area contributed by atoms with Crippen LogP contribution in [-0.4, -0.2) is 0 Å². The highest BCUT2D eigenvalue weighted by Crippen LogP contribution is 2.20. The number of hydrogen-bond donors (Lipinski definition) is 0. The van der Waals surface area contributed by atoms with Gasteiger partial charge in [0.15, 0.2) is 0 Å². The molecule has 0 atom stereocenters. The maximum absolute atomic E-state index is 2.29. The summed E-state index contributed by atoms with van der Waals surface area (Å²) in [5.74, 6) is 0. The first-order chi connectivity index (χ1) is 6.20. The van der Waals surface area contributed by atoms with Gasteiger partial charge in [0, 0.05) is 0 Å². The van der Waals surface area contributed by atoms with Crippen molar-refractivity contribution in [1.82, 2.24) is 0 Å². The molecule has 0 heteroatoms. The number of rotatable bonds is 3. The van der Waals surface area contributed by atoms with Gasteiger partial charge in [-0.2, -0.15) is 0 Å². The molecule has 0 radical (unpaired) electrons. The molecule has 0 fully saturated rings. The van der Waals surface area contributed by atoms with Gasteiger partial charge in [0.25, 0.3) is 0 Å². The molecule has 0 saturated carbocycles. The van der Waals surface area contributed by atoms with Crippen molar-refractivity contribution in [2.75, 3.05) is 0 Å². The molecule has 0 saturated heterocycles. The molecule has 0 aliphatic heterocycles. The molecule has 1 rings (SSSR count). The average Bonchev–Trinajstić information content (AvgIpc) is 2.14. The highest BCUT2D eigenvalue weighted by Gasteiger charge is 2.04. The molecule has 1 aromatic rings. The first-order valence-electron chi connectivity index (χ1n) is 5.28. The second-order valence-corrected chi connectivity index (χ2v) is 3.75. The third kappa shape index (κ3) is 2.12. The van der Waals surface area contributed by atoms with Gasteiger partial charge in [-0.15, -0.1) is 0 Å². The smallest absolute Gasteiger partial charge is 0.0276 e. The van der Waals surface area contributed by atoms with Crippen molar-refractivity contribution >= 4 is 0 Å². The van der Waals surface area contributed by atoms with Crippen molar-refractivity contribution < 1.29 is 0 Å². The van der Waals surface area contributed by atoms with Crippen LogP contribution in [0.5, 0.6) is 0 Å². The maximum atomic E-state index is 2.29. The van der Waals surface area contributed by atoms with Crippen molar-refractivity contribution in [2.45, 2.75) is 47.0 Å². The first-order valence-corrected chi connectivity index (χ1v) is 5.28. The van der Waals surface area contributed by atoms with E-state index in [0.717, 1.165) is 6.42 Å². The van der Waals surface area contributed by atoms with Crippen LogP contribution in [0.25, 0.3) is 0 Å². The molecule has 13 heavy (non-hydrogen) atoms. The van der Waals surface area contributed by atoms with E-state index < -0.39 is 0 Å². The standard InChI is InChI=1S/C13H20/c1-5-7-13-11(4)10(3)8-9-12(13)6-2/h8-9H,5-7H2,1-4H3. The molecule has 0 nitrogen and oxygen atoms in total. The van der Waals surface area contributed by atoms with Gasteiger partial charge < -0.3 is 0 Å². The second kappa shape index (κ2) is 4.45. The van der Waals surface area contributed by atoms with Crippen molar-refractivity contribution in [3.8, 4) is 0 Å². The fraction of sp³-hybridized carbons (Fsp3) is 0.538. The molecule has 0 aliphatic rings. The predicted octanol–water partition coefficient (Wildman–Crippen LogP) is 3.82. The molecule has 0 spiro atoms. The fourth-order valence-corrected chi connectivity index (χ4v) is 1.86. The molecule has 0 unspecified atom stereocenters. The Bertz CT molecular complexity index is 284. The lowest BCUT2D eigenvalue weighted by Gasteiger charge is -2.12. The van der Waals surface area contributed by atoms with Crippen molar-refractivity contribution in [3.63, 3.8) is 0 Å². The molecular formula is C13H20. The zero-order valence-corrected chi connectivity index (χ0v) is 9.28. The predicted molar refractivity (Wildman–Crippen MR) is 59.3 cm³/mol. The highest BCUT2D eigenvalue weighted by molar-refractivity contribution is 5.39. The Kier molecular flexibility index (Phi) is 3.53. The van der Waals surface area contributed by atoms with Crippen LogP contribution in [0.2, 0.25) is 0 Å². The minimum Gasteiger partial charge on any atom is -0.0651 e. The van der Waals surface area contributed by atoms with E-state index in [1.807, 2.05) is 0 Å². The first kappa shape index (κ1) is 10.3. The molecule has 0 heterocycles. The lowest BCUT2D eigenvalue weighted by Crippen LogP contribution is -1.98. The minimum atomic E-state index is 1.16. The summed E-state index contributed by atoms with van der Waals surface area (Å²) in [7, 11) is 0. The monoisotopic (exact) mass is 176 g/mol. The molecule has 0 aliphatic carbocycles. The van der Waals surface area contributed by atoms with E-state index in [9.17, 15) is 0 Å². The quantitative estimate of drug-likeness (QED) is 0.657. The topological polar surface area (TPSA) is 0 Å². The summed E-state index contributed by atoms with van der Waals surface area (Å²) in [6.45, 7) is 8.94. The van der Waals surface area contributed by atoms with Crippen molar-refractivity contribution in [1.29, 1.82) is 0 Å². The van der Waals surface area contributed by atoms with Crippen molar-refractivity contribution in [2.24, 2.45) is 0 Å². The molecule has 1 aromatic carbocycles. The molecular weight excluding hydrogens is 156 g/mol. The zero-order valence-electron chi connectivity index (χ0n) is 9.28. The minimum absolute atomic E-state index is 1.16. The third-order valence-corrected chi connectivity index (χ3v) is 2.85. The summed E-state index contributed by atoms with van der Waals surface area (Å²) in [6.07, 6.45) is 3.64. The van der Waals surface area contributed by atoms with Crippen LogP contribution >= 0.6 is 0 Å². The summed E-state index contributed by atoms with van der Waals surface area (Å²) in [5, 5.41) is 0. The normalized spacial score (nSPS) is 10.5. The van der Waals surface area contributed by atoms with Crippen LogP contribution in [0.4, 0.5) is 0 Å². The van der Waals surface area contributed by atoms with Gasteiger partial charge >= 0.3 is 0 Å². The average molecular weight is 176 g/mol. The lowest BCUT2D eigenvalue weighted by atomic mass is 9.93. The number of aryl methyl sites for hydroxylation is 2. The SMILES string of the molecule is CCCc1c(CC)ccc(C)c1C.